The average Bonchev–Trinajstić information content (AvgIpc) is 2.46. The molecule has 0 saturated heterocycles. The Bertz CT molecular complexity index is 497. The van der Waals surface area contributed by atoms with Crippen molar-refractivity contribution in [1.29, 1.82) is 0 Å². The van der Waals surface area contributed by atoms with E-state index in [2.05, 4.69) is 15.9 Å². The molecule has 0 heterocycles. The van der Waals surface area contributed by atoms with Gasteiger partial charge in [0.15, 0.2) is 6.10 Å². The van der Waals surface area contributed by atoms with Gasteiger partial charge in [-0.2, -0.15) is 0 Å². The highest BCUT2D eigenvalue weighted by Crippen LogP contribution is 2.28. The lowest BCUT2D eigenvalue weighted by molar-refractivity contribution is -0.139. The van der Waals surface area contributed by atoms with Crippen molar-refractivity contribution in [2.24, 2.45) is 0 Å². The van der Waals surface area contributed by atoms with Crippen molar-refractivity contribution in [3.8, 4) is 5.75 Å². The van der Waals surface area contributed by atoms with E-state index in [4.69, 9.17) is 16.3 Å². The number of carbonyl (C=O) groups excluding carboxylic acids is 1. The Kier molecular flexibility index (Phi) is 5.94. The summed E-state index contributed by atoms with van der Waals surface area (Å²) in [5.41, 5.74) is 0. The number of rotatable bonds is 4. The van der Waals surface area contributed by atoms with Crippen LogP contribution in [0.4, 0.5) is 0 Å². The van der Waals surface area contributed by atoms with Crippen LogP contribution in [-0.2, 0) is 4.79 Å². The van der Waals surface area contributed by atoms with Crippen LogP contribution in [0.5, 0.6) is 5.75 Å². The highest BCUT2D eigenvalue weighted by molar-refractivity contribution is 9.09. The molecule has 0 bridgehead atoms. The molecule has 0 spiro atoms. The minimum atomic E-state index is -0.518. The number of hydrogen-bond acceptors (Lipinski definition) is 2. The number of likely N-dealkylation sites (N-methyl/N-ethyl adjacent to an activating group) is 1. The minimum Gasteiger partial charge on any atom is -0.481 e. The third-order valence-corrected chi connectivity index (χ3v) is 5.25. The smallest absolute Gasteiger partial charge is 0.263 e. The van der Waals surface area contributed by atoms with Gasteiger partial charge in [-0.25, -0.2) is 0 Å². The van der Waals surface area contributed by atoms with Gasteiger partial charge in [0.05, 0.1) is 0 Å². The lowest BCUT2D eigenvalue weighted by Gasteiger charge is -2.36. The van der Waals surface area contributed by atoms with E-state index in [1.807, 2.05) is 24.1 Å². The van der Waals surface area contributed by atoms with Crippen LogP contribution in [0.2, 0.25) is 5.02 Å². The molecular weight excluding hydrogens is 354 g/mol. The third-order valence-electron chi connectivity index (χ3n) is 3.95. The van der Waals surface area contributed by atoms with Crippen LogP contribution in [0.25, 0.3) is 0 Å². The molecule has 0 aromatic heterocycles. The Labute approximate surface area is 139 Å². The summed E-state index contributed by atoms with van der Waals surface area (Å²) in [6.07, 6.45) is 4.04. The second kappa shape index (κ2) is 7.50. The van der Waals surface area contributed by atoms with Gasteiger partial charge >= 0.3 is 0 Å². The molecule has 0 radical (unpaired) electrons. The number of benzene rings is 1. The number of amides is 1. The Morgan fingerprint density at radius 3 is 2.81 bits per heavy atom. The van der Waals surface area contributed by atoms with Gasteiger partial charge in [0.2, 0.25) is 0 Å². The zero-order valence-electron chi connectivity index (χ0n) is 12.4. The van der Waals surface area contributed by atoms with E-state index in [9.17, 15) is 4.79 Å². The molecule has 1 fully saturated rings. The second-order valence-electron chi connectivity index (χ2n) is 5.53. The van der Waals surface area contributed by atoms with E-state index in [1.165, 1.54) is 12.8 Å². The normalized spacial score (nSPS) is 23.4. The number of ether oxygens (including phenoxy) is 1. The molecule has 0 aliphatic heterocycles. The van der Waals surface area contributed by atoms with Crippen molar-refractivity contribution in [3.63, 3.8) is 0 Å². The minimum absolute atomic E-state index is 0.00586. The van der Waals surface area contributed by atoms with Crippen molar-refractivity contribution in [2.45, 2.75) is 49.6 Å². The van der Waals surface area contributed by atoms with Gasteiger partial charge in [0, 0.05) is 22.9 Å². The van der Waals surface area contributed by atoms with Crippen molar-refractivity contribution >= 4 is 33.4 Å². The lowest BCUT2D eigenvalue weighted by atomic mass is 9.94. The number of carbonyl (C=O) groups is 1. The molecule has 1 aromatic carbocycles. The first kappa shape index (κ1) is 16.6. The van der Waals surface area contributed by atoms with Gasteiger partial charge in [-0.3, -0.25) is 4.79 Å². The molecule has 3 nitrogen and oxygen atoms in total. The molecule has 3 atom stereocenters. The zero-order chi connectivity index (χ0) is 15.4. The summed E-state index contributed by atoms with van der Waals surface area (Å²) in [6, 6.07) is 7.37. The predicted octanol–water partition coefficient (Wildman–Crippen LogP) is 4.27. The standard InChI is InChI=1S/C16H21BrClNO2/c1-11(21-13-7-5-6-12(18)10-13)16(20)19(2)15-9-4-3-8-14(15)17/h5-7,10-11,14-15H,3-4,8-9H2,1-2H3. The summed E-state index contributed by atoms with van der Waals surface area (Å²) in [7, 11) is 1.87. The zero-order valence-corrected chi connectivity index (χ0v) is 14.7. The van der Waals surface area contributed by atoms with Gasteiger partial charge in [-0.05, 0) is 38.0 Å². The molecule has 1 aliphatic rings. The van der Waals surface area contributed by atoms with E-state index in [0.717, 1.165) is 12.8 Å². The first-order valence-electron chi connectivity index (χ1n) is 7.32. The lowest BCUT2D eigenvalue weighted by Crippen LogP contribution is -2.48. The molecule has 116 valence electrons. The maximum Gasteiger partial charge on any atom is 0.263 e. The van der Waals surface area contributed by atoms with Crippen molar-refractivity contribution in [3.05, 3.63) is 29.3 Å². The molecule has 1 aliphatic carbocycles. The van der Waals surface area contributed by atoms with Crippen LogP contribution in [0.15, 0.2) is 24.3 Å². The second-order valence-corrected chi connectivity index (χ2v) is 7.15. The maximum atomic E-state index is 12.5. The Hall–Kier alpha value is -0.740. The summed E-state index contributed by atoms with van der Waals surface area (Å²) >= 11 is 9.63. The first-order valence-corrected chi connectivity index (χ1v) is 8.61. The van der Waals surface area contributed by atoms with Crippen LogP contribution >= 0.6 is 27.5 Å². The largest absolute Gasteiger partial charge is 0.481 e. The Balaban J connectivity index is 1.98. The van der Waals surface area contributed by atoms with Crippen LogP contribution in [-0.4, -0.2) is 34.8 Å². The van der Waals surface area contributed by atoms with Gasteiger partial charge in [-0.1, -0.05) is 46.4 Å². The van der Waals surface area contributed by atoms with Gasteiger partial charge in [0.1, 0.15) is 5.75 Å². The van der Waals surface area contributed by atoms with Crippen molar-refractivity contribution in [1.82, 2.24) is 4.90 Å². The number of nitrogens with zero attached hydrogens (tertiary/aromatic N) is 1. The molecule has 0 N–H and O–H groups in total. The first-order chi connectivity index (χ1) is 9.99. The summed E-state index contributed by atoms with van der Waals surface area (Å²) in [4.78, 5) is 14.7. The van der Waals surface area contributed by atoms with Crippen LogP contribution in [0.1, 0.15) is 32.6 Å². The molecule has 2 rings (SSSR count). The number of alkyl halides is 1. The van der Waals surface area contributed by atoms with E-state index in [0.29, 0.717) is 15.6 Å². The fraction of sp³-hybridized carbons (Fsp3) is 0.562. The van der Waals surface area contributed by atoms with Crippen molar-refractivity contribution < 1.29 is 9.53 Å². The fourth-order valence-electron chi connectivity index (χ4n) is 2.75. The quantitative estimate of drug-likeness (QED) is 0.737. The maximum absolute atomic E-state index is 12.5. The van der Waals surface area contributed by atoms with Crippen LogP contribution in [0, 0.1) is 0 Å². The monoisotopic (exact) mass is 373 g/mol. The Morgan fingerprint density at radius 2 is 2.14 bits per heavy atom. The molecule has 1 saturated carbocycles. The summed E-state index contributed by atoms with van der Waals surface area (Å²) < 4.78 is 5.71. The van der Waals surface area contributed by atoms with Crippen LogP contribution < -0.4 is 4.74 Å². The molecule has 21 heavy (non-hydrogen) atoms. The Morgan fingerprint density at radius 1 is 1.43 bits per heavy atom. The third kappa shape index (κ3) is 4.36. The highest BCUT2D eigenvalue weighted by atomic mass is 79.9. The molecule has 1 aromatic rings. The summed E-state index contributed by atoms with van der Waals surface area (Å²) in [6.45, 7) is 1.78. The predicted molar refractivity (Wildman–Crippen MR) is 89.3 cm³/mol. The molecule has 3 unspecified atom stereocenters. The fourth-order valence-corrected chi connectivity index (χ4v) is 3.87. The van der Waals surface area contributed by atoms with E-state index in [1.54, 1.807) is 19.1 Å². The molecular formula is C16H21BrClNO2. The van der Waals surface area contributed by atoms with Gasteiger partial charge in [0.25, 0.3) is 5.91 Å². The molecule has 5 heteroatoms. The van der Waals surface area contributed by atoms with E-state index >= 15 is 0 Å². The topological polar surface area (TPSA) is 29.5 Å². The summed E-state index contributed by atoms with van der Waals surface area (Å²) in [5, 5.41) is 0.605. The van der Waals surface area contributed by atoms with Crippen LogP contribution in [0.3, 0.4) is 0 Å². The highest BCUT2D eigenvalue weighted by Gasteiger charge is 2.31. The van der Waals surface area contributed by atoms with Gasteiger partial charge < -0.3 is 9.64 Å². The van der Waals surface area contributed by atoms with Crippen molar-refractivity contribution in [2.75, 3.05) is 7.05 Å². The average molecular weight is 375 g/mol. The van der Waals surface area contributed by atoms with E-state index in [-0.39, 0.29) is 11.9 Å². The summed E-state index contributed by atoms with van der Waals surface area (Å²) in [5.74, 6) is 0.627. The number of halogens is 2. The van der Waals surface area contributed by atoms with E-state index < -0.39 is 6.10 Å². The SMILES string of the molecule is CC(Oc1cccc(Cl)c1)C(=O)N(C)C1CCCCC1Br. The molecule has 1 amide bonds. The van der Waals surface area contributed by atoms with Gasteiger partial charge in [-0.15, -0.1) is 0 Å². The number of hydrogen-bond donors (Lipinski definition) is 0.